The molecule has 110 valence electrons. The Morgan fingerprint density at radius 1 is 1.40 bits per heavy atom. The molecular weight excluding hydrogens is 356 g/mol. The third-order valence-corrected chi connectivity index (χ3v) is 3.55. The largest absolute Gasteiger partial charge is 0.480 e. The summed E-state index contributed by atoms with van der Waals surface area (Å²) in [4.78, 5) is 22.8. The molecule has 0 radical (unpaired) electrons. The number of halogens is 3. The molecule has 0 saturated carbocycles. The first-order chi connectivity index (χ1) is 9.36. The lowest BCUT2D eigenvalue weighted by Crippen LogP contribution is -2.41. The molecule has 0 fully saturated rings. The summed E-state index contributed by atoms with van der Waals surface area (Å²) in [6, 6.07) is 0.697. The summed E-state index contributed by atoms with van der Waals surface area (Å²) < 4.78 is 27.3. The van der Waals surface area contributed by atoms with E-state index in [2.05, 4.69) is 21.2 Å². The number of benzene rings is 1. The van der Waals surface area contributed by atoms with Gasteiger partial charge in [-0.2, -0.15) is 11.8 Å². The first kappa shape index (κ1) is 16.9. The fraction of sp³-hybridized carbons (Fsp3) is 0.333. The van der Waals surface area contributed by atoms with E-state index >= 15 is 0 Å². The van der Waals surface area contributed by atoms with Crippen LogP contribution in [0.3, 0.4) is 0 Å². The second kappa shape index (κ2) is 7.58. The lowest BCUT2D eigenvalue weighted by atomic mass is 10.1. The van der Waals surface area contributed by atoms with E-state index in [1.807, 2.05) is 0 Å². The Bertz CT molecular complexity index is 504. The van der Waals surface area contributed by atoms with Crippen molar-refractivity contribution in [3.63, 3.8) is 0 Å². The van der Waals surface area contributed by atoms with Crippen LogP contribution in [0.5, 0.6) is 0 Å². The molecule has 0 aliphatic carbocycles. The average Bonchev–Trinajstić information content (AvgIpc) is 2.32. The normalized spacial score (nSPS) is 12.0. The topological polar surface area (TPSA) is 66.4 Å². The maximum absolute atomic E-state index is 13.6. The number of amides is 1. The van der Waals surface area contributed by atoms with Gasteiger partial charge in [-0.25, -0.2) is 13.6 Å². The van der Waals surface area contributed by atoms with Crippen LogP contribution in [0.25, 0.3) is 0 Å². The molecule has 0 aromatic heterocycles. The number of rotatable bonds is 6. The van der Waals surface area contributed by atoms with E-state index in [1.54, 1.807) is 6.26 Å². The van der Waals surface area contributed by atoms with Gasteiger partial charge in [-0.3, -0.25) is 4.79 Å². The van der Waals surface area contributed by atoms with Gasteiger partial charge in [0.1, 0.15) is 23.2 Å². The van der Waals surface area contributed by atoms with Gasteiger partial charge in [-0.1, -0.05) is 15.9 Å². The van der Waals surface area contributed by atoms with E-state index in [0.717, 1.165) is 12.1 Å². The molecule has 1 atom stereocenters. The zero-order chi connectivity index (χ0) is 15.3. The fourth-order valence-electron chi connectivity index (χ4n) is 1.48. The maximum Gasteiger partial charge on any atom is 0.326 e. The highest BCUT2D eigenvalue weighted by Crippen LogP contribution is 2.19. The molecular formula is C12H12BrF2NO3S. The van der Waals surface area contributed by atoms with E-state index in [0.29, 0.717) is 5.75 Å². The van der Waals surface area contributed by atoms with E-state index in [9.17, 15) is 18.4 Å². The van der Waals surface area contributed by atoms with Gasteiger partial charge < -0.3 is 10.4 Å². The summed E-state index contributed by atoms with van der Waals surface area (Å²) in [5, 5.41) is 11.1. The lowest BCUT2D eigenvalue weighted by Gasteiger charge is -2.14. The second-order valence-corrected chi connectivity index (χ2v) is 5.79. The maximum atomic E-state index is 13.6. The van der Waals surface area contributed by atoms with Crippen molar-refractivity contribution in [3.05, 3.63) is 33.8 Å². The smallest absolute Gasteiger partial charge is 0.326 e. The van der Waals surface area contributed by atoms with Crippen LogP contribution in [0.2, 0.25) is 0 Å². The highest BCUT2D eigenvalue weighted by Gasteiger charge is 2.24. The number of aliphatic carboxylic acids is 1. The van der Waals surface area contributed by atoms with Crippen molar-refractivity contribution in [1.82, 2.24) is 5.32 Å². The van der Waals surface area contributed by atoms with Gasteiger partial charge in [-0.05, 0) is 30.6 Å². The molecule has 0 spiro atoms. The predicted molar refractivity (Wildman–Crippen MR) is 75.9 cm³/mol. The van der Waals surface area contributed by atoms with Gasteiger partial charge in [-0.15, -0.1) is 0 Å². The first-order valence-corrected chi connectivity index (χ1v) is 7.72. The third-order valence-electron chi connectivity index (χ3n) is 2.45. The molecule has 1 amide bonds. The summed E-state index contributed by atoms with van der Waals surface area (Å²) in [6.07, 6.45) is 1.96. The zero-order valence-corrected chi connectivity index (χ0v) is 12.9. The number of hydrogen-bond donors (Lipinski definition) is 2. The number of carboxylic acids is 1. The Morgan fingerprint density at radius 2 is 1.95 bits per heavy atom. The van der Waals surface area contributed by atoms with Crippen LogP contribution in [0.1, 0.15) is 16.8 Å². The Hall–Kier alpha value is -1.15. The molecule has 0 aliphatic heterocycles. The van der Waals surface area contributed by atoms with Crippen molar-refractivity contribution < 1.29 is 23.5 Å². The summed E-state index contributed by atoms with van der Waals surface area (Å²) in [7, 11) is 0. The molecule has 2 N–H and O–H groups in total. The van der Waals surface area contributed by atoms with Crippen molar-refractivity contribution in [2.75, 3.05) is 12.0 Å². The molecule has 1 rings (SSSR count). The number of carboxylic acid groups (broad SMARTS) is 1. The Labute approximate surface area is 127 Å². The molecule has 1 unspecified atom stereocenters. The molecule has 0 aliphatic rings. The highest BCUT2D eigenvalue weighted by molar-refractivity contribution is 9.10. The van der Waals surface area contributed by atoms with Crippen LogP contribution in [0.15, 0.2) is 16.6 Å². The number of nitrogens with one attached hydrogen (secondary N) is 1. The van der Waals surface area contributed by atoms with Gasteiger partial charge in [0.2, 0.25) is 0 Å². The minimum Gasteiger partial charge on any atom is -0.480 e. The van der Waals surface area contributed by atoms with Crippen molar-refractivity contribution >= 4 is 39.6 Å². The van der Waals surface area contributed by atoms with Crippen LogP contribution in [-0.4, -0.2) is 35.0 Å². The summed E-state index contributed by atoms with van der Waals surface area (Å²) in [6.45, 7) is 0. The monoisotopic (exact) mass is 367 g/mol. The summed E-state index contributed by atoms with van der Waals surface area (Å²) in [5.41, 5.74) is -0.788. The van der Waals surface area contributed by atoms with Gasteiger partial charge in [0, 0.05) is 4.47 Å². The van der Waals surface area contributed by atoms with Gasteiger partial charge in [0.25, 0.3) is 5.91 Å². The number of thioether (sulfide) groups is 1. The van der Waals surface area contributed by atoms with Crippen molar-refractivity contribution in [3.8, 4) is 0 Å². The quantitative estimate of drug-likeness (QED) is 0.810. The van der Waals surface area contributed by atoms with Gasteiger partial charge in [0.15, 0.2) is 0 Å². The first-order valence-electron chi connectivity index (χ1n) is 5.54. The fourth-order valence-corrected chi connectivity index (χ4v) is 2.36. The molecule has 1 aromatic carbocycles. The molecule has 1 aromatic rings. The van der Waals surface area contributed by atoms with Crippen LogP contribution >= 0.6 is 27.7 Å². The minimum absolute atomic E-state index is 0.154. The Balaban J connectivity index is 2.92. The third kappa shape index (κ3) is 4.45. The van der Waals surface area contributed by atoms with Gasteiger partial charge >= 0.3 is 5.97 Å². The second-order valence-electron chi connectivity index (χ2n) is 3.89. The predicted octanol–water partition coefficient (Wildman–Crippen LogP) is 2.66. The average molecular weight is 368 g/mol. The van der Waals surface area contributed by atoms with E-state index < -0.39 is 35.1 Å². The van der Waals surface area contributed by atoms with Crippen molar-refractivity contribution in [2.24, 2.45) is 0 Å². The van der Waals surface area contributed by atoms with Gasteiger partial charge in [0.05, 0.1) is 0 Å². The molecule has 0 bridgehead atoms. The molecule has 0 saturated heterocycles. The summed E-state index contributed by atoms with van der Waals surface area (Å²) in [5.74, 6) is -3.93. The van der Waals surface area contributed by atoms with Crippen LogP contribution in [0.4, 0.5) is 8.78 Å². The minimum atomic E-state index is -1.25. The molecule has 0 heterocycles. The SMILES string of the molecule is CSCCC(NC(=O)c1c(F)cc(Br)cc1F)C(=O)O. The molecule has 4 nitrogen and oxygen atoms in total. The van der Waals surface area contributed by atoms with Crippen molar-refractivity contribution in [1.29, 1.82) is 0 Å². The highest BCUT2D eigenvalue weighted by atomic mass is 79.9. The molecule has 20 heavy (non-hydrogen) atoms. The standard InChI is InChI=1S/C12H12BrF2NO3S/c1-20-3-2-9(12(18)19)16-11(17)10-7(14)4-6(13)5-8(10)15/h4-5,9H,2-3H2,1H3,(H,16,17)(H,18,19). The van der Waals surface area contributed by atoms with E-state index in [4.69, 9.17) is 5.11 Å². The van der Waals surface area contributed by atoms with Crippen LogP contribution in [-0.2, 0) is 4.79 Å². The van der Waals surface area contributed by atoms with E-state index in [1.165, 1.54) is 11.8 Å². The number of carbonyl (C=O) groups is 2. The number of carbonyl (C=O) groups excluding carboxylic acids is 1. The zero-order valence-electron chi connectivity index (χ0n) is 10.5. The lowest BCUT2D eigenvalue weighted by molar-refractivity contribution is -0.139. The van der Waals surface area contributed by atoms with E-state index in [-0.39, 0.29) is 10.9 Å². The van der Waals surface area contributed by atoms with Crippen LogP contribution in [0, 0.1) is 11.6 Å². The molecule has 8 heteroatoms. The Kier molecular flexibility index (Phi) is 6.41. The summed E-state index contributed by atoms with van der Waals surface area (Å²) >= 11 is 4.31. The Morgan fingerprint density at radius 3 is 2.40 bits per heavy atom. The van der Waals surface area contributed by atoms with Crippen molar-refractivity contribution in [2.45, 2.75) is 12.5 Å². The van der Waals surface area contributed by atoms with Crippen LogP contribution < -0.4 is 5.32 Å². The number of hydrogen-bond acceptors (Lipinski definition) is 3.